The first-order valence-corrected chi connectivity index (χ1v) is 12.5. The second kappa shape index (κ2) is 11.0. The van der Waals surface area contributed by atoms with Gasteiger partial charge in [-0.15, -0.1) is 0 Å². The molecule has 1 aromatic carbocycles. The van der Waals surface area contributed by atoms with Crippen LogP contribution < -0.4 is 15.4 Å². The Balaban J connectivity index is 1.77. The van der Waals surface area contributed by atoms with E-state index >= 15 is 0 Å². The van der Waals surface area contributed by atoms with Crippen molar-refractivity contribution in [3.63, 3.8) is 0 Å². The van der Waals surface area contributed by atoms with Gasteiger partial charge in [0.2, 0.25) is 21.9 Å². The predicted molar refractivity (Wildman–Crippen MR) is 118 cm³/mol. The molecule has 36 heavy (non-hydrogen) atoms. The molecule has 0 unspecified atom stereocenters. The summed E-state index contributed by atoms with van der Waals surface area (Å²) >= 11 is 0. The Bertz CT molecular complexity index is 1140. The smallest absolute Gasteiger partial charge is 0.422 e. The lowest BCUT2D eigenvalue weighted by atomic mass is 10.1. The van der Waals surface area contributed by atoms with E-state index in [-0.39, 0.29) is 42.5 Å². The zero-order chi connectivity index (χ0) is 26.6. The summed E-state index contributed by atoms with van der Waals surface area (Å²) in [6, 6.07) is 3.09. The van der Waals surface area contributed by atoms with E-state index in [4.69, 9.17) is 0 Å². The number of nitrogens with one attached hydrogen (secondary N) is 2. The summed E-state index contributed by atoms with van der Waals surface area (Å²) < 4.78 is 107. The van der Waals surface area contributed by atoms with Gasteiger partial charge in [-0.3, -0.25) is 0 Å². The topological polar surface area (TPSA) is 109 Å². The van der Waals surface area contributed by atoms with Crippen LogP contribution in [0, 0.1) is 0 Å². The molecule has 2 aromatic rings. The maximum absolute atomic E-state index is 13.0. The Morgan fingerprint density at radius 2 is 1.72 bits per heavy atom. The first kappa shape index (κ1) is 27.7. The highest BCUT2D eigenvalue weighted by molar-refractivity contribution is 7.89. The summed E-state index contributed by atoms with van der Waals surface area (Å²) in [7, 11) is -3.37. The molecule has 9 nitrogen and oxygen atoms in total. The SMILES string of the molecule is CCCS(=O)(=O)N1CCC(Nc2nc(Nc3cccc(C(F)(F)F)c3)nc(OCC(F)(F)F)n2)CC1. The van der Waals surface area contributed by atoms with Gasteiger partial charge in [0.05, 0.1) is 11.3 Å². The van der Waals surface area contributed by atoms with E-state index in [1.807, 2.05) is 0 Å². The standard InChI is InChI=1S/C20H24F6N6O3S/c1-2-10-36(33,34)32-8-6-14(7-9-32)27-16-29-17(31-18(30-16)35-12-19(21,22)23)28-15-5-3-4-13(11-15)20(24,25)26/h3-5,11,14H,2,6-10,12H2,1H3,(H2,27,28,29,30,31). The fraction of sp³-hybridized carbons (Fsp3) is 0.550. The molecule has 0 spiro atoms. The number of hydrogen-bond donors (Lipinski definition) is 2. The van der Waals surface area contributed by atoms with Crippen LogP contribution in [-0.4, -0.2) is 65.3 Å². The van der Waals surface area contributed by atoms with Crippen LogP contribution in [0.3, 0.4) is 0 Å². The minimum atomic E-state index is -4.67. The molecular weight excluding hydrogens is 518 g/mol. The molecule has 0 amide bonds. The van der Waals surface area contributed by atoms with Gasteiger partial charge in [0.15, 0.2) is 6.61 Å². The minimum Gasteiger partial charge on any atom is -0.454 e. The zero-order valence-electron chi connectivity index (χ0n) is 19.0. The van der Waals surface area contributed by atoms with Crippen LogP contribution in [-0.2, 0) is 16.2 Å². The predicted octanol–water partition coefficient (Wildman–Crippen LogP) is 4.19. The molecule has 16 heteroatoms. The van der Waals surface area contributed by atoms with Crippen LogP contribution in [0.25, 0.3) is 0 Å². The summed E-state index contributed by atoms with van der Waals surface area (Å²) in [5, 5.41) is 5.44. The van der Waals surface area contributed by atoms with Crippen molar-refractivity contribution < 1.29 is 39.5 Å². The van der Waals surface area contributed by atoms with Gasteiger partial charge in [-0.25, -0.2) is 12.7 Å². The van der Waals surface area contributed by atoms with Crippen molar-refractivity contribution in [2.45, 2.75) is 44.6 Å². The van der Waals surface area contributed by atoms with Crippen LogP contribution in [0.2, 0.25) is 0 Å². The van der Waals surface area contributed by atoms with Gasteiger partial charge in [-0.2, -0.15) is 41.3 Å². The van der Waals surface area contributed by atoms with E-state index < -0.39 is 40.6 Å². The first-order valence-electron chi connectivity index (χ1n) is 10.9. The Morgan fingerprint density at radius 3 is 2.33 bits per heavy atom. The number of alkyl halides is 6. The van der Waals surface area contributed by atoms with Gasteiger partial charge in [-0.1, -0.05) is 13.0 Å². The van der Waals surface area contributed by atoms with Crippen molar-refractivity contribution in [3.8, 4) is 6.01 Å². The molecule has 0 bridgehead atoms. The number of sulfonamides is 1. The molecule has 1 aliphatic rings. The highest BCUT2D eigenvalue weighted by atomic mass is 32.2. The summed E-state index contributed by atoms with van der Waals surface area (Å²) in [4.78, 5) is 11.6. The first-order chi connectivity index (χ1) is 16.7. The van der Waals surface area contributed by atoms with Gasteiger partial charge < -0.3 is 15.4 Å². The number of nitrogens with zero attached hydrogens (tertiary/aromatic N) is 4. The second-order valence-electron chi connectivity index (χ2n) is 8.01. The Morgan fingerprint density at radius 1 is 1.06 bits per heavy atom. The highest BCUT2D eigenvalue weighted by Gasteiger charge is 2.31. The number of benzene rings is 1. The third kappa shape index (κ3) is 8.08. The number of ether oxygens (including phenoxy) is 1. The molecule has 1 aliphatic heterocycles. The van der Waals surface area contributed by atoms with Gasteiger partial charge in [0, 0.05) is 24.8 Å². The van der Waals surface area contributed by atoms with E-state index in [9.17, 15) is 34.8 Å². The third-order valence-electron chi connectivity index (χ3n) is 5.07. The van der Waals surface area contributed by atoms with Crippen LogP contribution >= 0.6 is 0 Å². The van der Waals surface area contributed by atoms with E-state index in [0.29, 0.717) is 19.3 Å². The average Bonchev–Trinajstić information content (AvgIpc) is 2.77. The maximum Gasteiger partial charge on any atom is 0.422 e. The third-order valence-corrected chi connectivity index (χ3v) is 7.14. The molecule has 0 saturated carbocycles. The molecule has 0 radical (unpaired) electrons. The molecule has 2 heterocycles. The molecule has 200 valence electrons. The highest BCUT2D eigenvalue weighted by Crippen LogP contribution is 2.31. The van der Waals surface area contributed by atoms with Crippen LogP contribution in [0.4, 0.5) is 43.9 Å². The Kier molecular flexibility index (Phi) is 8.48. The maximum atomic E-state index is 13.0. The van der Waals surface area contributed by atoms with E-state index in [0.717, 1.165) is 18.2 Å². The van der Waals surface area contributed by atoms with Crippen LogP contribution in [0.15, 0.2) is 24.3 Å². The molecule has 1 fully saturated rings. The van der Waals surface area contributed by atoms with Crippen molar-refractivity contribution in [1.29, 1.82) is 0 Å². The number of halogens is 6. The molecule has 1 aromatic heterocycles. The average molecular weight is 543 g/mol. The molecular formula is C20H24F6N6O3S. The van der Waals surface area contributed by atoms with Gasteiger partial charge in [0.25, 0.3) is 0 Å². The minimum absolute atomic E-state index is 0.0308. The fourth-order valence-corrected chi connectivity index (χ4v) is 4.98. The Hall–Kier alpha value is -2.88. The van der Waals surface area contributed by atoms with Gasteiger partial charge in [-0.05, 0) is 37.5 Å². The molecule has 3 rings (SSSR count). The molecule has 1 saturated heterocycles. The number of piperidine rings is 1. The van der Waals surface area contributed by atoms with Gasteiger partial charge >= 0.3 is 18.4 Å². The number of rotatable bonds is 9. The second-order valence-corrected chi connectivity index (χ2v) is 10.1. The summed E-state index contributed by atoms with van der Waals surface area (Å²) in [6.45, 7) is 0.541. The zero-order valence-corrected chi connectivity index (χ0v) is 19.8. The quantitative estimate of drug-likeness (QED) is 0.454. The largest absolute Gasteiger partial charge is 0.454 e. The summed E-state index contributed by atoms with van der Waals surface area (Å²) in [5.41, 5.74) is -1.00. The number of hydrogen-bond acceptors (Lipinski definition) is 8. The monoisotopic (exact) mass is 542 g/mol. The lowest BCUT2D eigenvalue weighted by Crippen LogP contribution is -2.43. The molecule has 0 aliphatic carbocycles. The van der Waals surface area contributed by atoms with Crippen molar-refractivity contribution >= 4 is 27.6 Å². The van der Waals surface area contributed by atoms with Gasteiger partial charge in [0.1, 0.15) is 0 Å². The van der Waals surface area contributed by atoms with E-state index in [1.165, 1.54) is 10.4 Å². The van der Waals surface area contributed by atoms with E-state index in [1.54, 1.807) is 6.92 Å². The summed E-state index contributed by atoms with van der Waals surface area (Å²) in [5.74, 6) is -0.485. The fourth-order valence-electron chi connectivity index (χ4n) is 3.44. The van der Waals surface area contributed by atoms with Crippen LogP contribution in [0.1, 0.15) is 31.7 Å². The number of aromatic nitrogens is 3. The van der Waals surface area contributed by atoms with Crippen molar-refractivity contribution in [3.05, 3.63) is 29.8 Å². The van der Waals surface area contributed by atoms with Crippen molar-refractivity contribution in [2.75, 3.05) is 36.1 Å². The molecule has 2 N–H and O–H groups in total. The number of anilines is 3. The summed E-state index contributed by atoms with van der Waals surface area (Å²) in [6.07, 6.45) is -8.04. The van der Waals surface area contributed by atoms with Crippen molar-refractivity contribution in [1.82, 2.24) is 19.3 Å². The normalized spacial score (nSPS) is 16.1. The lowest BCUT2D eigenvalue weighted by Gasteiger charge is -2.31. The lowest BCUT2D eigenvalue weighted by molar-refractivity contribution is -0.154. The Labute approximate surface area is 203 Å². The van der Waals surface area contributed by atoms with E-state index in [2.05, 4.69) is 30.3 Å². The van der Waals surface area contributed by atoms with Crippen LogP contribution in [0.5, 0.6) is 6.01 Å². The molecule has 0 atom stereocenters. The van der Waals surface area contributed by atoms with Crippen molar-refractivity contribution in [2.24, 2.45) is 0 Å².